The molecular weight excluding hydrogens is 329 g/mol. The molecule has 0 bridgehead atoms. The van der Waals surface area contributed by atoms with Crippen LogP contribution >= 0.6 is 15.9 Å². The second kappa shape index (κ2) is 5.68. The van der Waals surface area contributed by atoms with Crippen LogP contribution in [0.25, 0.3) is 0 Å². The molecule has 0 aliphatic heterocycles. The van der Waals surface area contributed by atoms with Crippen molar-refractivity contribution in [2.45, 2.75) is 18.1 Å². The fraction of sp³-hybridized carbons (Fsp3) is 0.444. The zero-order valence-electron chi connectivity index (χ0n) is 8.89. The van der Waals surface area contributed by atoms with Crippen LogP contribution in [0.2, 0.25) is 0 Å². The highest BCUT2D eigenvalue weighted by atomic mass is 79.9. The Morgan fingerprint density at radius 3 is 2.39 bits per heavy atom. The van der Waals surface area contributed by atoms with Gasteiger partial charge in [-0.1, -0.05) is 15.9 Å². The van der Waals surface area contributed by atoms with Crippen LogP contribution in [0.4, 0.5) is 22.0 Å². The Balaban J connectivity index is 3.26. The van der Waals surface area contributed by atoms with E-state index in [0.29, 0.717) is 0 Å². The normalized spacial score (nSPS) is 11.8. The van der Waals surface area contributed by atoms with Crippen LogP contribution in [-0.4, -0.2) is 18.5 Å². The standard InChI is InChI=1S/C9H7BrF5NO2/c1-17-6-2-4(7(11)12)5(3-10)16-8(6)18-9(13,14)15/h2,7H,3H2,1H3. The Bertz CT molecular complexity index is 424. The van der Waals surface area contributed by atoms with Crippen LogP contribution in [0.3, 0.4) is 0 Å². The molecule has 0 unspecified atom stereocenters. The van der Waals surface area contributed by atoms with E-state index < -0.39 is 30.0 Å². The first kappa shape index (κ1) is 14.9. The smallest absolute Gasteiger partial charge is 0.491 e. The lowest BCUT2D eigenvalue weighted by atomic mass is 10.2. The fourth-order valence-electron chi connectivity index (χ4n) is 1.15. The third-order valence-corrected chi connectivity index (χ3v) is 2.39. The summed E-state index contributed by atoms with van der Waals surface area (Å²) in [5, 5.41) is -0.134. The molecule has 0 aliphatic carbocycles. The maximum Gasteiger partial charge on any atom is 0.574 e. The van der Waals surface area contributed by atoms with E-state index in [4.69, 9.17) is 0 Å². The number of nitrogens with zero attached hydrogens (tertiary/aromatic N) is 1. The molecule has 0 spiro atoms. The lowest BCUT2D eigenvalue weighted by Crippen LogP contribution is -2.19. The van der Waals surface area contributed by atoms with E-state index in [0.717, 1.165) is 13.2 Å². The largest absolute Gasteiger partial charge is 0.574 e. The Kier molecular flexibility index (Phi) is 4.71. The molecule has 0 aliphatic rings. The number of aromatic nitrogens is 1. The van der Waals surface area contributed by atoms with Gasteiger partial charge in [0.15, 0.2) is 5.75 Å². The van der Waals surface area contributed by atoms with Crippen molar-refractivity contribution in [3.8, 4) is 11.6 Å². The molecule has 18 heavy (non-hydrogen) atoms. The van der Waals surface area contributed by atoms with Crippen molar-refractivity contribution in [2.75, 3.05) is 7.11 Å². The Morgan fingerprint density at radius 2 is 2.00 bits per heavy atom. The second-order valence-electron chi connectivity index (χ2n) is 3.01. The number of ether oxygens (including phenoxy) is 2. The molecule has 0 saturated heterocycles. The minimum Gasteiger partial charge on any atom is -0.491 e. The topological polar surface area (TPSA) is 31.4 Å². The van der Waals surface area contributed by atoms with E-state index in [1.807, 2.05) is 0 Å². The molecule has 0 amide bonds. The Hall–Kier alpha value is -1.12. The van der Waals surface area contributed by atoms with Gasteiger partial charge >= 0.3 is 6.36 Å². The SMILES string of the molecule is COc1cc(C(F)F)c(CBr)nc1OC(F)(F)F. The van der Waals surface area contributed by atoms with Gasteiger partial charge in [-0.15, -0.1) is 13.2 Å². The van der Waals surface area contributed by atoms with Gasteiger partial charge in [0.2, 0.25) is 0 Å². The summed E-state index contributed by atoms with van der Waals surface area (Å²) in [5.74, 6) is -1.41. The second-order valence-corrected chi connectivity index (χ2v) is 3.57. The molecule has 0 radical (unpaired) electrons. The molecular formula is C9H7BrF5NO2. The molecule has 0 aromatic carbocycles. The van der Waals surface area contributed by atoms with E-state index in [9.17, 15) is 22.0 Å². The van der Waals surface area contributed by atoms with Crippen molar-refractivity contribution in [1.82, 2.24) is 4.98 Å². The summed E-state index contributed by atoms with van der Waals surface area (Å²) in [6.45, 7) is 0. The maximum absolute atomic E-state index is 12.6. The van der Waals surface area contributed by atoms with Gasteiger partial charge in [0.25, 0.3) is 12.3 Å². The number of hydrogen-bond acceptors (Lipinski definition) is 3. The van der Waals surface area contributed by atoms with Crippen molar-refractivity contribution in [3.05, 3.63) is 17.3 Å². The first-order chi connectivity index (χ1) is 8.28. The van der Waals surface area contributed by atoms with Gasteiger partial charge in [-0.25, -0.2) is 13.8 Å². The van der Waals surface area contributed by atoms with Gasteiger partial charge in [-0.3, -0.25) is 0 Å². The van der Waals surface area contributed by atoms with Crippen molar-refractivity contribution in [2.24, 2.45) is 0 Å². The molecule has 3 nitrogen and oxygen atoms in total. The van der Waals surface area contributed by atoms with Crippen LogP contribution in [-0.2, 0) is 5.33 Å². The molecule has 0 N–H and O–H groups in total. The minimum atomic E-state index is -4.98. The Morgan fingerprint density at radius 1 is 1.39 bits per heavy atom. The van der Waals surface area contributed by atoms with Crippen LogP contribution < -0.4 is 9.47 Å². The fourth-order valence-corrected chi connectivity index (χ4v) is 1.60. The predicted molar refractivity (Wildman–Crippen MR) is 55.1 cm³/mol. The molecule has 0 saturated carbocycles. The van der Waals surface area contributed by atoms with Crippen LogP contribution in [0, 0.1) is 0 Å². The number of halogens is 6. The molecule has 9 heteroatoms. The van der Waals surface area contributed by atoms with Gasteiger partial charge in [0, 0.05) is 10.9 Å². The van der Waals surface area contributed by atoms with E-state index in [1.54, 1.807) is 0 Å². The number of alkyl halides is 6. The monoisotopic (exact) mass is 335 g/mol. The summed E-state index contributed by atoms with van der Waals surface area (Å²) >= 11 is 2.86. The number of methoxy groups -OCH3 is 1. The van der Waals surface area contributed by atoms with Gasteiger partial charge in [-0.2, -0.15) is 0 Å². The third kappa shape index (κ3) is 3.69. The van der Waals surface area contributed by atoms with E-state index in [1.165, 1.54) is 0 Å². The summed E-state index contributed by atoms with van der Waals surface area (Å²) in [6.07, 6.45) is -7.85. The summed E-state index contributed by atoms with van der Waals surface area (Å²) in [6, 6.07) is 0.773. The highest BCUT2D eigenvalue weighted by Gasteiger charge is 2.34. The lowest BCUT2D eigenvalue weighted by molar-refractivity contribution is -0.276. The average Bonchev–Trinajstić information content (AvgIpc) is 2.25. The predicted octanol–water partition coefficient (Wildman–Crippen LogP) is 3.82. The average molecular weight is 336 g/mol. The third-order valence-electron chi connectivity index (χ3n) is 1.86. The molecule has 1 aromatic rings. The molecule has 1 rings (SSSR count). The lowest BCUT2D eigenvalue weighted by Gasteiger charge is -2.14. The van der Waals surface area contributed by atoms with E-state index in [2.05, 4.69) is 30.4 Å². The van der Waals surface area contributed by atoms with E-state index in [-0.39, 0.29) is 11.0 Å². The first-order valence-electron chi connectivity index (χ1n) is 4.46. The summed E-state index contributed by atoms with van der Waals surface area (Å²) in [7, 11) is 1.03. The molecule has 1 heterocycles. The Labute approximate surface area is 107 Å². The van der Waals surface area contributed by atoms with E-state index >= 15 is 0 Å². The molecule has 0 fully saturated rings. The van der Waals surface area contributed by atoms with Gasteiger partial charge in [0.1, 0.15) is 0 Å². The van der Waals surface area contributed by atoms with Gasteiger partial charge in [0.05, 0.1) is 12.8 Å². The van der Waals surface area contributed by atoms with Crippen molar-refractivity contribution in [1.29, 1.82) is 0 Å². The van der Waals surface area contributed by atoms with Crippen LogP contribution in [0.15, 0.2) is 6.07 Å². The van der Waals surface area contributed by atoms with Crippen molar-refractivity contribution < 1.29 is 31.4 Å². The highest BCUT2D eigenvalue weighted by Crippen LogP contribution is 2.35. The minimum absolute atomic E-state index is 0.134. The van der Waals surface area contributed by atoms with Crippen molar-refractivity contribution >= 4 is 15.9 Å². The van der Waals surface area contributed by atoms with Crippen molar-refractivity contribution in [3.63, 3.8) is 0 Å². The number of pyridine rings is 1. The quantitative estimate of drug-likeness (QED) is 0.619. The van der Waals surface area contributed by atoms with Crippen LogP contribution in [0.5, 0.6) is 11.6 Å². The highest BCUT2D eigenvalue weighted by molar-refractivity contribution is 9.08. The van der Waals surface area contributed by atoms with Crippen LogP contribution in [0.1, 0.15) is 17.7 Å². The number of hydrogen-bond donors (Lipinski definition) is 0. The van der Waals surface area contributed by atoms with Gasteiger partial charge in [-0.05, 0) is 6.07 Å². The molecule has 0 atom stereocenters. The molecule has 1 aromatic heterocycles. The zero-order valence-corrected chi connectivity index (χ0v) is 10.5. The first-order valence-corrected chi connectivity index (χ1v) is 5.58. The van der Waals surface area contributed by atoms with Gasteiger partial charge < -0.3 is 9.47 Å². The zero-order chi connectivity index (χ0) is 13.9. The number of rotatable bonds is 4. The maximum atomic E-state index is 12.6. The summed E-state index contributed by atoms with van der Waals surface area (Å²) in [4.78, 5) is 3.37. The molecule has 102 valence electrons. The summed E-state index contributed by atoms with van der Waals surface area (Å²) < 4.78 is 69.6. The summed E-state index contributed by atoms with van der Waals surface area (Å²) in [5.41, 5.74) is -0.761.